The van der Waals surface area contributed by atoms with Crippen LogP contribution in [0.15, 0.2) is 18.2 Å². The fourth-order valence-electron chi connectivity index (χ4n) is 2.37. The number of rotatable bonds is 2. The quantitative estimate of drug-likeness (QED) is 0.843. The topological polar surface area (TPSA) is 41.1 Å². The number of amides is 1. The smallest absolute Gasteiger partial charge is 0.251 e. The van der Waals surface area contributed by atoms with Gasteiger partial charge in [-0.1, -0.05) is 0 Å². The highest BCUT2D eigenvalue weighted by Crippen LogP contribution is 2.13. The predicted molar refractivity (Wildman–Crippen MR) is 69.1 cm³/mol. The molecule has 1 aromatic rings. The Bertz CT molecular complexity index is 447. The number of hydrogen-bond donors (Lipinski definition) is 2. The van der Waals surface area contributed by atoms with Gasteiger partial charge in [-0.25, -0.2) is 4.39 Å². The first kappa shape index (κ1) is 13.0. The van der Waals surface area contributed by atoms with Crippen molar-refractivity contribution in [1.82, 2.24) is 10.6 Å². The fraction of sp³-hybridized carbons (Fsp3) is 0.500. The Morgan fingerprint density at radius 1 is 1.50 bits per heavy atom. The zero-order chi connectivity index (χ0) is 13.1. The molecule has 2 unspecified atom stereocenters. The van der Waals surface area contributed by atoms with Crippen molar-refractivity contribution < 1.29 is 9.18 Å². The lowest BCUT2D eigenvalue weighted by Crippen LogP contribution is -2.52. The second-order valence-corrected chi connectivity index (χ2v) is 4.92. The van der Waals surface area contributed by atoms with E-state index < -0.39 is 0 Å². The maximum Gasteiger partial charge on any atom is 0.251 e. The fourth-order valence-corrected chi connectivity index (χ4v) is 2.37. The second-order valence-electron chi connectivity index (χ2n) is 4.92. The molecule has 1 amide bonds. The third kappa shape index (κ3) is 2.88. The SMILES string of the molecule is Cc1cc(F)ccc1C(=O)NC1CCCNC1C. The van der Waals surface area contributed by atoms with E-state index in [1.54, 1.807) is 13.0 Å². The lowest BCUT2D eigenvalue weighted by molar-refractivity contribution is 0.0919. The molecule has 1 saturated heterocycles. The predicted octanol–water partition coefficient (Wildman–Crippen LogP) is 2.00. The summed E-state index contributed by atoms with van der Waals surface area (Å²) in [6.45, 7) is 4.82. The highest BCUT2D eigenvalue weighted by molar-refractivity contribution is 5.95. The van der Waals surface area contributed by atoms with Crippen LogP contribution < -0.4 is 10.6 Å². The standard InChI is InChI=1S/C14H19FN2O/c1-9-8-11(15)5-6-12(9)14(18)17-13-4-3-7-16-10(13)2/h5-6,8,10,13,16H,3-4,7H2,1-2H3,(H,17,18). The van der Waals surface area contributed by atoms with Crippen LogP contribution in [0.1, 0.15) is 35.7 Å². The number of benzene rings is 1. The summed E-state index contributed by atoms with van der Waals surface area (Å²) in [4.78, 5) is 12.1. The molecule has 3 nitrogen and oxygen atoms in total. The van der Waals surface area contributed by atoms with Crippen molar-refractivity contribution >= 4 is 5.91 Å². The summed E-state index contributed by atoms with van der Waals surface area (Å²) < 4.78 is 13.0. The number of nitrogens with one attached hydrogen (secondary N) is 2. The minimum Gasteiger partial charge on any atom is -0.348 e. The van der Waals surface area contributed by atoms with Gasteiger partial charge in [0.2, 0.25) is 0 Å². The molecule has 2 N–H and O–H groups in total. The molecule has 0 radical (unpaired) electrons. The second kappa shape index (κ2) is 5.48. The van der Waals surface area contributed by atoms with Gasteiger partial charge in [0.05, 0.1) is 0 Å². The molecule has 1 aromatic carbocycles. The van der Waals surface area contributed by atoms with Crippen LogP contribution in [0.25, 0.3) is 0 Å². The summed E-state index contributed by atoms with van der Waals surface area (Å²) in [6.07, 6.45) is 2.05. The molecule has 0 bridgehead atoms. The average Bonchev–Trinajstić information content (AvgIpc) is 2.32. The van der Waals surface area contributed by atoms with E-state index in [1.807, 2.05) is 0 Å². The van der Waals surface area contributed by atoms with Gasteiger partial charge in [0, 0.05) is 17.6 Å². The average molecular weight is 250 g/mol. The van der Waals surface area contributed by atoms with E-state index in [1.165, 1.54) is 12.1 Å². The van der Waals surface area contributed by atoms with Crippen molar-refractivity contribution in [3.05, 3.63) is 35.1 Å². The van der Waals surface area contributed by atoms with Gasteiger partial charge in [-0.15, -0.1) is 0 Å². The molecule has 1 aliphatic heterocycles. The molecule has 18 heavy (non-hydrogen) atoms. The number of hydrogen-bond acceptors (Lipinski definition) is 2. The monoisotopic (exact) mass is 250 g/mol. The van der Waals surface area contributed by atoms with Crippen molar-refractivity contribution in [2.24, 2.45) is 0 Å². The van der Waals surface area contributed by atoms with Crippen LogP contribution >= 0.6 is 0 Å². The largest absolute Gasteiger partial charge is 0.348 e. The van der Waals surface area contributed by atoms with Crippen LogP contribution in [0.4, 0.5) is 4.39 Å². The molecule has 98 valence electrons. The molecule has 0 aromatic heterocycles. The van der Waals surface area contributed by atoms with E-state index in [0.29, 0.717) is 11.1 Å². The maximum atomic E-state index is 13.0. The van der Waals surface area contributed by atoms with Gasteiger partial charge in [-0.3, -0.25) is 4.79 Å². The molecule has 1 fully saturated rings. The van der Waals surface area contributed by atoms with Crippen LogP contribution in [0.2, 0.25) is 0 Å². The van der Waals surface area contributed by atoms with Crippen LogP contribution in [0.3, 0.4) is 0 Å². The van der Waals surface area contributed by atoms with Crippen LogP contribution in [0, 0.1) is 12.7 Å². The third-order valence-electron chi connectivity index (χ3n) is 3.51. The lowest BCUT2D eigenvalue weighted by atomic mass is 9.99. The zero-order valence-electron chi connectivity index (χ0n) is 10.8. The first-order valence-corrected chi connectivity index (χ1v) is 6.38. The van der Waals surface area contributed by atoms with Gasteiger partial charge in [0.15, 0.2) is 0 Å². The number of carbonyl (C=O) groups is 1. The first-order valence-electron chi connectivity index (χ1n) is 6.38. The van der Waals surface area contributed by atoms with Gasteiger partial charge in [-0.05, 0) is 57.0 Å². The van der Waals surface area contributed by atoms with Crippen molar-refractivity contribution in [3.63, 3.8) is 0 Å². The Balaban J connectivity index is 2.07. The van der Waals surface area contributed by atoms with Crippen molar-refractivity contribution in [2.75, 3.05) is 6.54 Å². The van der Waals surface area contributed by atoms with Gasteiger partial charge >= 0.3 is 0 Å². The number of halogens is 1. The zero-order valence-corrected chi connectivity index (χ0v) is 10.8. The summed E-state index contributed by atoms with van der Waals surface area (Å²) in [5, 5.41) is 6.36. The summed E-state index contributed by atoms with van der Waals surface area (Å²) in [7, 11) is 0. The normalized spacial score (nSPS) is 23.7. The number of aryl methyl sites for hydroxylation is 1. The molecular formula is C14H19FN2O. The Hall–Kier alpha value is -1.42. The van der Waals surface area contributed by atoms with E-state index >= 15 is 0 Å². The third-order valence-corrected chi connectivity index (χ3v) is 3.51. The van der Waals surface area contributed by atoms with Crippen molar-refractivity contribution in [3.8, 4) is 0 Å². The maximum absolute atomic E-state index is 13.0. The minimum atomic E-state index is -0.309. The summed E-state index contributed by atoms with van der Waals surface area (Å²) in [5.41, 5.74) is 1.22. The highest BCUT2D eigenvalue weighted by Gasteiger charge is 2.23. The Labute approximate surface area is 107 Å². The molecule has 1 heterocycles. The highest BCUT2D eigenvalue weighted by atomic mass is 19.1. The summed E-state index contributed by atoms with van der Waals surface area (Å²) in [6, 6.07) is 4.68. The van der Waals surface area contributed by atoms with E-state index in [2.05, 4.69) is 17.6 Å². The van der Waals surface area contributed by atoms with Crippen LogP contribution in [-0.2, 0) is 0 Å². The first-order chi connectivity index (χ1) is 8.58. The van der Waals surface area contributed by atoms with Crippen LogP contribution in [0.5, 0.6) is 0 Å². The lowest BCUT2D eigenvalue weighted by Gasteiger charge is -2.30. The summed E-state index contributed by atoms with van der Waals surface area (Å²) in [5.74, 6) is -0.426. The minimum absolute atomic E-state index is 0.118. The Kier molecular flexibility index (Phi) is 3.97. The Morgan fingerprint density at radius 2 is 2.28 bits per heavy atom. The van der Waals surface area contributed by atoms with Gasteiger partial charge < -0.3 is 10.6 Å². The molecule has 4 heteroatoms. The molecule has 2 atom stereocenters. The van der Waals surface area contributed by atoms with E-state index in [4.69, 9.17) is 0 Å². The molecule has 0 aliphatic carbocycles. The van der Waals surface area contributed by atoms with E-state index in [9.17, 15) is 9.18 Å². The molecule has 2 rings (SSSR count). The number of carbonyl (C=O) groups excluding carboxylic acids is 1. The molecule has 1 aliphatic rings. The molecular weight excluding hydrogens is 231 g/mol. The van der Waals surface area contributed by atoms with Gasteiger partial charge in [-0.2, -0.15) is 0 Å². The van der Waals surface area contributed by atoms with Crippen molar-refractivity contribution in [2.45, 2.75) is 38.8 Å². The molecule has 0 spiro atoms. The number of piperidine rings is 1. The van der Waals surface area contributed by atoms with Crippen LogP contribution in [-0.4, -0.2) is 24.5 Å². The summed E-state index contributed by atoms with van der Waals surface area (Å²) >= 11 is 0. The Morgan fingerprint density at radius 3 is 2.94 bits per heavy atom. The molecule has 0 saturated carbocycles. The van der Waals surface area contributed by atoms with Gasteiger partial charge in [0.1, 0.15) is 5.82 Å². The van der Waals surface area contributed by atoms with Gasteiger partial charge in [0.25, 0.3) is 5.91 Å². The van der Waals surface area contributed by atoms with E-state index in [-0.39, 0.29) is 23.8 Å². The van der Waals surface area contributed by atoms with Crippen molar-refractivity contribution in [1.29, 1.82) is 0 Å². The van der Waals surface area contributed by atoms with E-state index in [0.717, 1.165) is 19.4 Å².